The fraction of sp³-hybridized carbons (Fsp3) is 0.385. The van der Waals surface area contributed by atoms with Crippen molar-refractivity contribution >= 4 is 34.2 Å². The molecule has 0 radical (unpaired) electrons. The Bertz CT molecular complexity index is 478. The number of hydrazone groups is 1. The lowest BCUT2D eigenvalue weighted by molar-refractivity contribution is 0.0954. The van der Waals surface area contributed by atoms with Crippen molar-refractivity contribution in [3.63, 3.8) is 0 Å². The first-order valence-corrected chi connectivity index (χ1v) is 6.98. The molecule has 2 rings (SSSR count). The van der Waals surface area contributed by atoms with E-state index in [-0.39, 0.29) is 5.91 Å². The van der Waals surface area contributed by atoms with Crippen LogP contribution in [-0.2, 0) is 0 Å². The van der Waals surface area contributed by atoms with Gasteiger partial charge in [-0.3, -0.25) is 4.79 Å². The number of halogens is 1. The summed E-state index contributed by atoms with van der Waals surface area (Å²) in [7, 11) is 1.61. The zero-order valence-corrected chi connectivity index (χ0v) is 12.4. The van der Waals surface area contributed by atoms with Gasteiger partial charge in [0.25, 0.3) is 5.91 Å². The van der Waals surface area contributed by atoms with E-state index in [9.17, 15) is 4.79 Å². The molecular weight excluding hydrogens is 343 g/mol. The average molecular weight is 358 g/mol. The van der Waals surface area contributed by atoms with Crippen LogP contribution in [-0.4, -0.2) is 18.7 Å². The van der Waals surface area contributed by atoms with Crippen LogP contribution in [0.4, 0.5) is 0 Å². The highest BCUT2D eigenvalue weighted by Crippen LogP contribution is 2.21. The molecule has 0 bridgehead atoms. The van der Waals surface area contributed by atoms with Gasteiger partial charge in [-0.2, -0.15) is 5.10 Å². The first-order valence-electron chi connectivity index (χ1n) is 5.90. The van der Waals surface area contributed by atoms with Gasteiger partial charge in [0, 0.05) is 11.3 Å². The highest BCUT2D eigenvalue weighted by Gasteiger charge is 2.11. The molecule has 18 heavy (non-hydrogen) atoms. The van der Waals surface area contributed by atoms with E-state index in [1.165, 1.54) is 12.8 Å². The molecular formula is C13H15IN2O2. The van der Waals surface area contributed by atoms with Crippen LogP contribution in [0.3, 0.4) is 0 Å². The van der Waals surface area contributed by atoms with E-state index in [1.807, 2.05) is 0 Å². The standard InChI is InChI=1S/C13H15IN2O2/c1-18-12-7-6-9(8-11(12)14)13(17)16-15-10-4-2-3-5-10/h6-8H,2-5H2,1H3,(H,16,17). The summed E-state index contributed by atoms with van der Waals surface area (Å²) in [5.41, 5.74) is 4.30. The Morgan fingerprint density at radius 2 is 2.11 bits per heavy atom. The summed E-state index contributed by atoms with van der Waals surface area (Å²) in [6, 6.07) is 5.33. The number of carbonyl (C=O) groups is 1. The lowest BCUT2D eigenvalue weighted by Gasteiger charge is -2.05. The van der Waals surface area contributed by atoms with Crippen molar-refractivity contribution in [2.75, 3.05) is 7.11 Å². The third-order valence-electron chi connectivity index (χ3n) is 2.91. The molecule has 0 heterocycles. The SMILES string of the molecule is COc1ccc(C(=O)NN=C2CCCC2)cc1I. The maximum atomic E-state index is 11.9. The van der Waals surface area contributed by atoms with Crippen LogP contribution < -0.4 is 10.2 Å². The Morgan fingerprint density at radius 3 is 2.72 bits per heavy atom. The summed E-state index contributed by atoms with van der Waals surface area (Å²) in [6.45, 7) is 0. The smallest absolute Gasteiger partial charge is 0.271 e. The number of benzene rings is 1. The van der Waals surface area contributed by atoms with Crippen LogP contribution in [0.25, 0.3) is 0 Å². The number of nitrogens with one attached hydrogen (secondary N) is 1. The third kappa shape index (κ3) is 3.22. The van der Waals surface area contributed by atoms with Crippen LogP contribution in [0.1, 0.15) is 36.0 Å². The van der Waals surface area contributed by atoms with Gasteiger partial charge in [-0.15, -0.1) is 0 Å². The molecule has 1 fully saturated rings. The van der Waals surface area contributed by atoms with Crippen LogP contribution in [0, 0.1) is 3.57 Å². The second kappa shape index (κ2) is 6.17. The van der Waals surface area contributed by atoms with E-state index in [0.29, 0.717) is 5.56 Å². The van der Waals surface area contributed by atoms with Crippen molar-refractivity contribution in [1.29, 1.82) is 0 Å². The summed E-state index contributed by atoms with van der Waals surface area (Å²) in [6.07, 6.45) is 4.35. The van der Waals surface area contributed by atoms with E-state index in [0.717, 1.165) is 27.9 Å². The van der Waals surface area contributed by atoms with E-state index in [1.54, 1.807) is 25.3 Å². The van der Waals surface area contributed by atoms with E-state index in [4.69, 9.17) is 4.74 Å². The van der Waals surface area contributed by atoms with Crippen molar-refractivity contribution in [2.24, 2.45) is 5.10 Å². The molecule has 1 N–H and O–H groups in total. The number of carbonyl (C=O) groups excluding carboxylic acids is 1. The number of rotatable bonds is 3. The topological polar surface area (TPSA) is 50.7 Å². The quantitative estimate of drug-likeness (QED) is 0.667. The van der Waals surface area contributed by atoms with Crippen molar-refractivity contribution in [3.05, 3.63) is 27.3 Å². The minimum absolute atomic E-state index is 0.171. The van der Waals surface area contributed by atoms with Gasteiger partial charge >= 0.3 is 0 Å². The van der Waals surface area contributed by atoms with Gasteiger partial charge in [0.15, 0.2) is 0 Å². The molecule has 96 valence electrons. The molecule has 0 atom stereocenters. The molecule has 1 aromatic carbocycles. The van der Waals surface area contributed by atoms with Crippen molar-refractivity contribution < 1.29 is 9.53 Å². The summed E-state index contributed by atoms with van der Waals surface area (Å²) < 4.78 is 6.07. The van der Waals surface area contributed by atoms with Crippen molar-refractivity contribution in [2.45, 2.75) is 25.7 Å². The van der Waals surface area contributed by atoms with Crippen LogP contribution in [0.15, 0.2) is 23.3 Å². The predicted octanol–water partition coefficient (Wildman–Crippen LogP) is 2.96. The zero-order valence-electron chi connectivity index (χ0n) is 10.2. The molecule has 1 saturated carbocycles. The first-order chi connectivity index (χ1) is 8.70. The van der Waals surface area contributed by atoms with Gasteiger partial charge in [-0.25, -0.2) is 5.43 Å². The molecule has 0 saturated heterocycles. The van der Waals surface area contributed by atoms with Gasteiger partial charge in [-0.05, 0) is 66.5 Å². The molecule has 0 aliphatic heterocycles. The summed E-state index contributed by atoms with van der Waals surface area (Å²) in [4.78, 5) is 11.9. The molecule has 5 heteroatoms. The molecule has 4 nitrogen and oxygen atoms in total. The van der Waals surface area contributed by atoms with Crippen LogP contribution in [0.5, 0.6) is 5.75 Å². The predicted molar refractivity (Wildman–Crippen MR) is 79.1 cm³/mol. The number of nitrogens with zero attached hydrogens (tertiary/aromatic N) is 1. The number of hydrogen-bond donors (Lipinski definition) is 1. The zero-order chi connectivity index (χ0) is 13.0. The summed E-state index contributed by atoms with van der Waals surface area (Å²) >= 11 is 2.15. The highest BCUT2D eigenvalue weighted by molar-refractivity contribution is 14.1. The summed E-state index contributed by atoms with van der Waals surface area (Å²) in [5, 5.41) is 4.16. The molecule has 1 aliphatic carbocycles. The fourth-order valence-electron chi connectivity index (χ4n) is 1.90. The van der Waals surface area contributed by atoms with Gasteiger partial charge in [-0.1, -0.05) is 0 Å². The van der Waals surface area contributed by atoms with E-state index in [2.05, 4.69) is 33.1 Å². The van der Waals surface area contributed by atoms with E-state index >= 15 is 0 Å². The third-order valence-corrected chi connectivity index (χ3v) is 3.75. The van der Waals surface area contributed by atoms with E-state index < -0.39 is 0 Å². The van der Waals surface area contributed by atoms with Gasteiger partial charge < -0.3 is 4.74 Å². The minimum Gasteiger partial charge on any atom is -0.496 e. The number of amides is 1. The Balaban J connectivity index is 2.04. The number of ether oxygens (including phenoxy) is 1. The molecule has 0 spiro atoms. The maximum Gasteiger partial charge on any atom is 0.271 e. The monoisotopic (exact) mass is 358 g/mol. The Kier molecular flexibility index (Phi) is 4.57. The maximum absolute atomic E-state index is 11.9. The fourth-order valence-corrected chi connectivity index (χ4v) is 2.63. The number of methoxy groups -OCH3 is 1. The largest absolute Gasteiger partial charge is 0.496 e. The summed E-state index contributed by atoms with van der Waals surface area (Å²) in [5.74, 6) is 0.601. The van der Waals surface area contributed by atoms with Crippen LogP contribution in [0.2, 0.25) is 0 Å². The molecule has 0 unspecified atom stereocenters. The highest BCUT2D eigenvalue weighted by atomic mass is 127. The molecule has 1 amide bonds. The minimum atomic E-state index is -0.171. The average Bonchev–Trinajstić information content (AvgIpc) is 2.89. The molecule has 1 aliphatic rings. The normalized spacial score (nSPS) is 14.4. The Hall–Kier alpha value is -1.11. The van der Waals surface area contributed by atoms with Crippen molar-refractivity contribution in [1.82, 2.24) is 5.43 Å². The molecule has 0 aromatic heterocycles. The Morgan fingerprint density at radius 1 is 1.39 bits per heavy atom. The second-order valence-electron chi connectivity index (χ2n) is 4.18. The number of hydrogen-bond acceptors (Lipinski definition) is 3. The molecule has 1 aromatic rings. The lowest BCUT2D eigenvalue weighted by atomic mass is 10.2. The van der Waals surface area contributed by atoms with Crippen LogP contribution >= 0.6 is 22.6 Å². The van der Waals surface area contributed by atoms with Gasteiger partial charge in [0.1, 0.15) is 5.75 Å². The first kappa shape index (κ1) is 13.3. The van der Waals surface area contributed by atoms with Gasteiger partial charge in [0.05, 0.1) is 10.7 Å². The Labute approximate surface area is 120 Å². The van der Waals surface area contributed by atoms with Gasteiger partial charge in [0.2, 0.25) is 0 Å². The second-order valence-corrected chi connectivity index (χ2v) is 5.34. The lowest BCUT2D eigenvalue weighted by Crippen LogP contribution is -2.19. The van der Waals surface area contributed by atoms with Crippen molar-refractivity contribution in [3.8, 4) is 5.75 Å².